The molecule has 1 atom stereocenters. The summed E-state index contributed by atoms with van der Waals surface area (Å²) in [7, 11) is 2.18. The molecule has 5 nitrogen and oxygen atoms in total. The molecule has 0 aromatic heterocycles. The number of amides is 1. The first-order chi connectivity index (χ1) is 10.1. The highest BCUT2D eigenvalue weighted by Gasteiger charge is 2.43. The van der Waals surface area contributed by atoms with Crippen LogP contribution in [0.1, 0.15) is 32.6 Å². The van der Waals surface area contributed by atoms with Crippen molar-refractivity contribution in [3.63, 3.8) is 0 Å². The van der Waals surface area contributed by atoms with Crippen molar-refractivity contribution < 1.29 is 9.90 Å². The summed E-state index contributed by atoms with van der Waals surface area (Å²) in [5.74, 6) is 0.506. The van der Waals surface area contributed by atoms with Gasteiger partial charge in [-0.05, 0) is 58.3 Å². The summed E-state index contributed by atoms with van der Waals surface area (Å²) in [5.41, 5.74) is 0.337. The molecule has 0 aliphatic carbocycles. The van der Waals surface area contributed by atoms with Gasteiger partial charge in [0.25, 0.3) is 0 Å². The zero-order valence-electron chi connectivity index (χ0n) is 13.6. The van der Waals surface area contributed by atoms with Gasteiger partial charge in [0, 0.05) is 38.6 Å². The van der Waals surface area contributed by atoms with Crippen LogP contribution in [0.5, 0.6) is 0 Å². The number of hydrogen-bond donors (Lipinski definition) is 2. The van der Waals surface area contributed by atoms with E-state index in [4.69, 9.17) is 0 Å². The quantitative estimate of drug-likeness (QED) is 0.778. The van der Waals surface area contributed by atoms with E-state index in [1.165, 1.54) is 19.3 Å². The van der Waals surface area contributed by atoms with Crippen LogP contribution in [0.3, 0.4) is 0 Å². The Morgan fingerprint density at radius 2 is 1.95 bits per heavy atom. The number of nitrogens with zero attached hydrogens (tertiary/aromatic N) is 2. The lowest BCUT2D eigenvalue weighted by Gasteiger charge is -2.51. The summed E-state index contributed by atoms with van der Waals surface area (Å²) < 4.78 is 0. The minimum atomic E-state index is 0.137. The van der Waals surface area contributed by atoms with Gasteiger partial charge in [0.05, 0.1) is 0 Å². The predicted octanol–water partition coefficient (Wildman–Crippen LogP) is 0.539. The Morgan fingerprint density at radius 1 is 1.29 bits per heavy atom. The van der Waals surface area contributed by atoms with Crippen molar-refractivity contribution >= 4 is 5.91 Å². The fraction of sp³-hybridized carbons (Fsp3) is 0.938. The molecule has 5 heteroatoms. The first-order valence-corrected chi connectivity index (χ1v) is 8.38. The smallest absolute Gasteiger partial charge is 0.221 e. The fourth-order valence-electron chi connectivity index (χ4n) is 3.90. The Hall–Kier alpha value is -0.650. The second kappa shape index (κ2) is 7.56. The fourth-order valence-corrected chi connectivity index (χ4v) is 3.90. The molecule has 122 valence electrons. The molecule has 2 saturated heterocycles. The van der Waals surface area contributed by atoms with E-state index < -0.39 is 0 Å². The molecule has 0 unspecified atom stereocenters. The third-order valence-corrected chi connectivity index (χ3v) is 5.50. The van der Waals surface area contributed by atoms with E-state index in [0.29, 0.717) is 24.3 Å². The number of likely N-dealkylation sites (tertiary alicyclic amines) is 2. The van der Waals surface area contributed by atoms with Gasteiger partial charge in [-0.25, -0.2) is 0 Å². The molecule has 0 radical (unpaired) electrons. The van der Waals surface area contributed by atoms with Gasteiger partial charge in [0.1, 0.15) is 0 Å². The number of carbonyl (C=O) groups excluding carboxylic acids is 1. The van der Waals surface area contributed by atoms with Crippen molar-refractivity contribution in [2.24, 2.45) is 11.3 Å². The van der Waals surface area contributed by atoms with Crippen LogP contribution in [-0.2, 0) is 4.79 Å². The van der Waals surface area contributed by atoms with Gasteiger partial charge < -0.3 is 20.2 Å². The largest absolute Gasteiger partial charge is 0.396 e. The molecular weight excluding hydrogens is 266 g/mol. The lowest BCUT2D eigenvalue weighted by molar-refractivity contribution is -0.121. The van der Waals surface area contributed by atoms with Crippen molar-refractivity contribution in [2.45, 2.75) is 32.6 Å². The van der Waals surface area contributed by atoms with Crippen LogP contribution >= 0.6 is 0 Å². The Balaban J connectivity index is 1.85. The second-order valence-corrected chi connectivity index (χ2v) is 6.80. The molecule has 2 aliphatic rings. The number of nitrogens with one attached hydrogen (secondary N) is 1. The molecule has 0 bridgehead atoms. The highest BCUT2D eigenvalue weighted by molar-refractivity contribution is 5.75. The zero-order valence-corrected chi connectivity index (χ0v) is 13.6. The molecule has 2 N–H and O–H groups in total. The molecule has 2 aliphatic heterocycles. The van der Waals surface area contributed by atoms with Gasteiger partial charge in [-0.1, -0.05) is 0 Å². The Bertz CT molecular complexity index is 340. The summed E-state index contributed by atoms with van der Waals surface area (Å²) in [6, 6.07) is 0. The van der Waals surface area contributed by atoms with Crippen LogP contribution < -0.4 is 5.32 Å². The molecule has 2 fully saturated rings. The van der Waals surface area contributed by atoms with Crippen LogP contribution in [0.15, 0.2) is 0 Å². The molecule has 1 amide bonds. The maximum Gasteiger partial charge on any atom is 0.221 e. The van der Waals surface area contributed by atoms with Crippen LogP contribution in [0.2, 0.25) is 0 Å². The molecular formula is C16H31N3O2. The monoisotopic (exact) mass is 297 g/mol. The Labute approximate surface area is 128 Å². The van der Waals surface area contributed by atoms with Crippen molar-refractivity contribution in [3.8, 4) is 0 Å². The summed E-state index contributed by atoms with van der Waals surface area (Å²) in [6.07, 6.45) is 4.15. The predicted molar refractivity (Wildman–Crippen MR) is 84.1 cm³/mol. The highest BCUT2D eigenvalue weighted by atomic mass is 16.3. The van der Waals surface area contributed by atoms with Crippen LogP contribution in [0, 0.1) is 11.3 Å². The Morgan fingerprint density at radius 3 is 2.57 bits per heavy atom. The normalized spacial score (nSPS) is 26.9. The number of aliphatic hydroxyl groups excluding tert-OH is 1. The van der Waals surface area contributed by atoms with Gasteiger partial charge in [0.15, 0.2) is 0 Å². The van der Waals surface area contributed by atoms with E-state index in [2.05, 4.69) is 22.2 Å². The van der Waals surface area contributed by atoms with Crippen molar-refractivity contribution in [1.82, 2.24) is 15.1 Å². The van der Waals surface area contributed by atoms with E-state index in [1.54, 1.807) is 0 Å². The standard InChI is InChI=1S/C16H31N3O2/c1-3-17-15(21)4-8-19-11-7-16(14(12-19)13-20)5-9-18(2)10-6-16/h14,20H,3-13H2,1-2H3,(H,17,21)/t14-/m1/s1. The minimum absolute atomic E-state index is 0.137. The van der Waals surface area contributed by atoms with Gasteiger partial charge >= 0.3 is 0 Å². The number of aliphatic hydroxyl groups is 1. The third kappa shape index (κ3) is 4.18. The van der Waals surface area contributed by atoms with E-state index >= 15 is 0 Å². The van der Waals surface area contributed by atoms with E-state index in [-0.39, 0.29) is 12.5 Å². The topological polar surface area (TPSA) is 55.8 Å². The summed E-state index contributed by atoms with van der Waals surface area (Å²) in [4.78, 5) is 16.3. The average Bonchev–Trinajstić information content (AvgIpc) is 2.49. The highest BCUT2D eigenvalue weighted by Crippen LogP contribution is 2.44. The SMILES string of the molecule is CCNC(=O)CCN1CCC2(CCN(C)CC2)[C@@H](CO)C1. The molecule has 2 heterocycles. The number of rotatable bonds is 5. The van der Waals surface area contributed by atoms with E-state index in [0.717, 1.165) is 32.7 Å². The lowest BCUT2D eigenvalue weighted by Crippen LogP contribution is -2.53. The molecule has 0 aromatic carbocycles. The molecule has 1 spiro atoms. The maximum absolute atomic E-state index is 11.6. The summed E-state index contributed by atoms with van der Waals surface area (Å²) in [6.45, 7) is 8.06. The van der Waals surface area contributed by atoms with Crippen LogP contribution in [0.4, 0.5) is 0 Å². The first kappa shape index (κ1) is 16.7. The molecule has 2 rings (SSSR count). The minimum Gasteiger partial charge on any atom is -0.396 e. The summed E-state index contributed by atoms with van der Waals surface area (Å²) >= 11 is 0. The number of carbonyl (C=O) groups is 1. The van der Waals surface area contributed by atoms with Crippen molar-refractivity contribution in [3.05, 3.63) is 0 Å². The van der Waals surface area contributed by atoms with Gasteiger partial charge in [0.2, 0.25) is 5.91 Å². The van der Waals surface area contributed by atoms with E-state index in [1.807, 2.05) is 6.92 Å². The zero-order chi connectivity index (χ0) is 15.3. The second-order valence-electron chi connectivity index (χ2n) is 6.80. The van der Waals surface area contributed by atoms with Crippen molar-refractivity contribution in [2.75, 3.05) is 52.9 Å². The number of piperidine rings is 2. The van der Waals surface area contributed by atoms with E-state index in [9.17, 15) is 9.90 Å². The Kier molecular flexibility index (Phi) is 6.02. The van der Waals surface area contributed by atoms with Crippen molar-refractivity contribution in [1.29, 1.82) is 0 Å². The number of hydrogen-bond acceptors (Lipinski definition) is 4. The molecule has 0 aromatic rings. The lowest BCUT2D eigenvalue weighted by atomic mass is 9.64. The van der Waals surface area contributed by atoms with Gasteiger partial charge in [-0.15, -0.1) is 0 Å². The molecule has 21 heavy (non-hydrogen) atoms. The first-order valence-electron chi connectivity index (χ1n) is 8.38. The third-order valence-electron chi connectivity index (χ3n) is 5.50. The average molecular weight is 297 g/mol. The van der Waals surface area contributed by atoms with Gasteiger partial charge in [-0.2, -0.15) is 0 Å². The maximum atomic E-state index is 11.6. The van der Waals surface area contributed by atoms with Gasteiger partial charge in [-0.3, -0.25) is 4.79 Å². The van der Waals surface area contributed by atoms with Crippen LogP contribution in [-0.4, -0.2) is 73.7 Å². The van der Waals surface area contributed by atoms with Crippen LogP contribution in [0.25, 0.3) is 0 Å². The summed E-state index contributed by atoms with van der Waals surface area (Å²) in [5, 5.41) is 12.7. The molecule has 0 saturated carbocycles.